The van der Waals surface area contributed by atoms with Gasteiger partial charge in [-0.2, -0.15) is 0 Å². The van der Waals surface area contributed by atoms with Gasteiger partial charge in [-0.3, -0.25) is 9.88 Å². The van der Waals surface area contributed by atoms with E-state index in [4.69, 9.17) is 11.6 Å². The molecule has 2 atom stereocenters. The van der Waals surface area contributed by atoms with Crippen molar-refractivity contribution in [3.05, 3.63) is 23.5 Å². The predicted octanol–water partition coefficient (Wildman–Crippen LogP) is 2.80. The highest BCUT2D eigenvalue weighted by molar-refractivity contribution is 6.17. The zero-order valence-electron chi connectivity index (χ0n) is 11.8. The van der Waals surface area contributed by atoms with Crippen molar-refractivity contribution in [3.63, 3.8) is 0 Å². The monoisotopic (exact) mass is 279 g/mol. The SMILES string of the molecule is Cc1cc(N2CCC3CCC(C2)N3C)c(CCl)cn1. The fourth-order valence-corrected chi connectivity index (χ4v) is 3.70. The van der Waals surface area contributed by atoms with Crippen LogP contribution in [0.1, 0.15) is 30.5 Å². The summed E-state index contributed by atoms with van der Waals surface area (Å²) in [6.45, 7) is 4.32. The van der Waals surface area contributed by atoms with Crippen LogP contribution in [0.2, 0.25) is 0 Å². The molecule has 3 nitrogen and oxygen atoms in total. The lowest BCUT2D eigenvalue weighted by atomic mass is 10.1. The summed E-state index contributed by atoms with van der Waals surface area (Å²) in [5.74, 6) is 0.545. The third-order valence-electron chi connectivity index (χ3n) is 4.73. The first-order valence-corrected chi connectivity index (χ1v) is 7.71. The molecule has 1 aromatic heterocycles. The molecule has 0 radical (unpaired) electrons. The summed E-state index contributed by atoms with van der Waals surface area (Å²) in [6.07, 6.45) is 5.89. The van der Waals surface area contributed by atoms with Crippen molar-refractivity contribution in [3.8, 4) is 0 Å². The smallest absolute Gasteiger partial charge is 0.0509 e. The zero-order valence-corrected chi connectivity index (χ0v) is 12.5. The lowest BCUT2D eigenvalue weighted by Crippen LogP contribution is -2.37. The van der Waals surface area contributed by atoms with Gasteiger partial charge in [0.1, 0.15) is 0 Å². The number of alkyl halides is 1. The molecule has 1 aromatic rings. The minimum absolute atomic E-state index is 0.545. The van der Waals surface area contributed by atoms with E-state index in [1.165, 1.54) is 24.9 Å². The molecule has 2 bridgehead atoms. The van der Waals surface area contributed by atoms with Crippen molar-refractivity contribution in [1.82, 2.24) is 9.88 Å². The van der Waals surface area contributed by atoms with E-state index in [2.05, 4.69) is 34.8 Å². The zero-order chi connectivity index (χ0) is 13.4. The molecule has 2 unspecified atom stereocenters. The van der Waals surface area contributed by atoms with E-state index in [9.17, 15) is 0 Å². The Morgan fingerprint density at radius 3 is 2.89 bits per heavy atom. The summed E-state index contributed by atoms with van der Waals surface area (Å²) in [4.78, 5) is 9.47. The number of anilines is 1. The molecule has 0 amide bonds. The number of nitrogens with zero attached hydrogens (tertiary/aromatic N) is 3. The molecular formula is C15H22ClN3. The molecule has 0 saturated carbocycles. The second kappa shape index (κ2) is 5.29. The Morgan fingerprint density at radius 1 is 1.32 bits per heavy atom. The minimum atomic E-state index is 0.545. The van der Waals surface area contributed by atoms with Crippen LogP contribution in [0.4, 0.5) is 5.69 Å². The van der Waals surface area contributed by atoms with Crippen LogP contribution in [-0.4, -0.2) is 42.1 Å². The average Bonchev–Trinajstić information content (AvgIpc) is 2.63. The highest BCUT2D eigenvalue weighted by Crippen LogP contribution is 2.32. The largest absolute Gasteiger partial charge is 0.370 e. The van der Waals surface area contributed by atoms with Gasteiger partial charge in [0.25, 0.3) is 0 Å². The van der Waals surface area contributed by atoms with Crippen LogP contribution in [0.5, 0.6) is 0 Å². The summed E-state index contributed by atoms with van der Waals surface area (Å²) in [6, 6.07) is 3.66. The van der Waals surface area contributed by atoms with E-state index < -0.39 is 0 Å². The number of likely N-dealkylation sites (N-methyl/N-ethyl adjacent to an activating group) is 1. The van der Waals surface area contributed by atoms with Crippen molar-refractivity contribution in [2.24, 2.45) is 0 Å². The quantitative estimate of drug-likeness (QED) is 0.776. The van der Waals surface area contributed by atoms with Gasteiger partial charge in [-0.1, -0.05) is 0 Å². The molecule has 4 heteroatoms. The summed E-state index contributed by atoms with van der Waals surface area (Å²) in [5, 5.41) is 0. The lowest BCUT2D eigenvalue weighted by Gasteiger charge is -2.29. The van der Waals surface area contributed by atoms with Crippen LogP contribution in [0.3, 0.4) is 0 Å². The normalized spacial score (nSPS) is 27.6. The molecule has 0 aromatic carbocycles. The van der Waals surface area contributed by atoms with Gasteiger partial charge in [-0.15, -0.1) is 11.6 Å². The maximum Gasteiger partial charge on any atom is 0.0509 e. The topological polar surface area (TPSA) is 19.4 Å². The second-order valence-corrected chi connectivity index (χ2v) is 6.14. The highest BCUT2D eigenvalue weighted by atomic mass is 35.5. The number of aryl methyl sites for hydroxylation is 1. The van der Waals surface area contributed by atoms with Crippen molar-refractivity contribution in [2.75, 3.05) is 25.0 Å². The van der Waals surface area contributed by atoms with Gasteiger partial charge in [-0.25, -0.2) is 0 Å². The standard InChI is InChI=1S/C15H22ClN3/c1-11-7-15(12(8-16)9-17-11)19-6-5-13-3-4-14(10-19)18(13)2/h7,9,13-14H,3-6,8,10H2,1-2H3. The number of fused-ring (bicyclic) bond motifs is 2. The first-order valence-electron chi connectivity index (χ1n) is 7.17. The summed E-state index contributed by atoms with van der Waals surface area (Å²) < 4.78 is 0. The summed E-state index contributed by atoms with van der Waals surface area (Å²) >= 11 is 6.08. The Hall–Kier alpha value is -0.800. The van der Waals surface area contributed by atoms with E-state index in [0.29, 0.717) is 11.9 Å². The van der Waals surface area contributed by atoms with Crippen molar-refractivity contribution >= 4 is 17.3 Å². The van der Waals surface area contributed by atoms with Crippen LogP contribution in [0.15, 0.2) is 12.3 Å². The molecule has 2 aliphatic heterocycles. The molecular weight excluding hydrogens is 258 g/mol. The number of halogens is 1. The van der Waals surface area contributed by atoms with Gasteiger partial charge in [0.15, 0.2) is 0 Å². The van der Waals surface area contributed by atoms with Crippen LogP contribution in [0, 0.1) is 6.92 Å². The third kappa shape index (κ3) is 2.46. The molecule has 0 spiro atoms. The van der Waals surface area contributed by atoms with Crippen molar-refractivity contribution in [1.29, 1.82) is 0 Å². The predicted molar refractivity (Wildman–Crippen MR) is 79.9 cm³/mol. The maximum absolute atomic E-state index is 6.08. The Balaban J connectivity index is 1.88. The number of pyridine rings is 1. The van der Waals surface area contributed by atoms with Gasteiger partial charge in [-0.05, 0) is 39.3 Å². The first-order chi connectivity index (χ1) is 9.19. The number of rotatable bonds is 2. The Kier molecular flexibility index (Phi) is 3.68. The van der Waals surface area contributed by atoms with Gasteiger partial charge in [0.2, 0.25) is 0 Å². The van der Waals surface area contributed by atoms with Gasteiger partial charge in [0, 0.05) is 48.3 Å². The molecule has 3 heterocycles. The molecule has 2 saturated heterocycles. The first kappa shape index (κ1) is 13.2. The number of aromatic nitrogens is 1. The molecule has 3 rings (SSSR count). The molecule has 19 heavy (non-hydrogen) atoms. The van der Waals surface area contributed by atoms with Crippen LogP contribution < -0.4 is 4.90 Å². The maximum atomic E-state index is 6.08. The van der Waals surface area contributed by atoms with E-state index in [1.54, 1.807) is 0 Å². The third-order valence-corrected chi connectivity index (χ3v) is 5.02. The molecule has 0 aliphatic carbocycles. The van der Waals surface area contributed by atoms with Crippen molar-refractivity contribution in [2.45, 2.75) is 44.1 Å². The number of hydrogen-bond donors (Lipinski definition) is 0. The van der Waals surface area contributed by atoms with E-state index in [1.807, 2.05) is 6.20 Å². The number of hydrogen-bond acceptors (Lipinski definition) is 3. The average molecular weight is 280 g/mol. The Bertz CT molecular complexity index is 463. The molecule has 0 N–H and O–H groups in total. The fourth-order valence-electron chi connectivity index (χ4n) is 3.50. The Morgan fingerprint density at radius 2 is 2.11 bits per heavy atom. The summed E-state index contributed by atoms with van der Waals surface area (Å²) in [5.41, 5.74) is 3.53. The van der Waals surface area contributed by atoms with Gasteiger partial charge >= 0.3 is 0 Å². The summed E-state index contributed by atoms with van der Waals surface area (Å²) in [7, 11) is 2.28. The van der Waals surface area contributed by atoms with Gasteiger partial charge < -0.3 is 4.90 Å². The minimum Gasteiger partial charge on any atom is -0.370 e. The van der Waals surface area contributed by atoms with Crippen LogP contribution in [0.25, 0.3) is 0 Å². The fraction of sp³-hybridized carbons (Fsp3) is 0.667. The van der Waals surface area contributed by atoms with E-state index in [-0.39, 0.29) is 0 Å². The highest BCUT2D eigenvalue weighted by Gasteiger charge is 2.35. The van der Waals surface area contributed by atoms with Gasteiger partial charge in [0.05, 0.1) is 5.88 Å². The van der Waals surface area contributed by atoms with Crippen molar-refractivity contribution < 1.29 is 0 Å². The Labute approximate surface area is 120 Å². The van der Waals surface area contributed by atoms with Crippen LogP contribution >= 0.6 is 11.6 Å². The molecule has 2 aliphatic rings. The molecule has 104 valence electrons. The van der Waals surface area contributed by atoms with E-state index in [0.717, 1.165) is 30.4 Å². The lowest BCUT2D eigenvalue weighted by molar-refractivity contribution is 0.254. The van der Waals surface area contributed by atoms with Crippen LogP contribution in [-0.2, 0) is 5.88 Å². The second-order valence-electron chi connectivity index (χ2n) is 5.87. The van der Waals surface area contributed by atoms with E-state index >= 15 is 0 Å². The molecule has 2 fully saturated rings.